The fourth-order valence-electron chi connectivity index (χ4n) is 2.35. The van der Waals surface area contributed by atoms with Gasteiger partial charge in [-0.2, -0.15) is 11.8 Å². The van der Waals surface area contributed by atoms with Crippen molar-refractivity contribution in [3.63, 3.8) is 0 Å². The number of rotatable bonds is 6. The first-order chi connectivity index (χ1) is 9.04. The van der Waals surface area contributed by atoms with Crippen molar-refractivity contribution in [3.05, 3.63) is 0 Å². The molecule has 1 rings (SSSR count). The van der Waals surface area contributed by atoms with Gasteiger partial charge in [0.2, 0.25) is 5.91 Å². The lowest BCUT2D eigenvalue weighted by Gasteiger charge is -2.36. The van der Waals surface area contributed by atoms with Crippen LogP contribution in [0.2, 0.25) is 0 Å². The summed E-state index contributed by atoms with van der Waals surface area (Å²) in [6.45, 7) is 2.49. The summed E-state index contributed by atoms with van der Waals surface area (Å²) in [7, 11) is 0. The quantitative estimate of drug-likeness (QED) is 0.564. The van der Waals surface area contributed by atoms with E-state index < -0.39 is 17.9 Å². The lowest BCUT2D eigenvalue weighted by atomic mass is 9.88. The van der Waals surface area contributed by atoms with Crippen LogP contribution >= 0.6 is 11.8 Å². The molecular weight excluding hydrogens is 264 g/mol. The van der Waals surface area contributed by atoms with Gasteiger partial charge < -0.3 is 15.8 Å². The molecule has 1 aliphatic carbocycles. The molecule has 0 aromatic heterocycles. The number of hydrogen-bond donors (Lipinski definition) is 2. The van der Waals surface area contributed by atoms with Gasteiger partial charge in [0.15, 0.2) is 6.04 Å². The summed E-state index contributed by atoms with van der Waals surface area (Å²) in [5.41, 5.74) is 5.55. The van der Waals surface area contributed by atoms with E-state index in [0.29, 0.717) is 6.54 Å². The molecule has 1 fully saturated rings. The molecule has 0 aromatic carbocycles. The Kier molecular flexibility index (Phi) is 6.65. The predicted molar refractivity (Wildman–Crippen MR) is 76.9 cm³/mol. The van der Waals surface area contributed by atoms with Gasteiger partial charge >= 0.3 is 5.97 Å². The van der Waals surface area contributed by atoms with Crippen LogP contribution < -0.4 is 11.1 Å². The Labute approximate surface area is 119 Å². The van der Waals surface area contributed by atoms with Gasteiger partial charge in [0.25, 0.3) is 0 Å². The van der Waals surface area contributed by atoms with E-state index in [1.807, 2.05) is 0 Å². The average molecular weight is 288 g/mol. The van der Waals surface area contributed by atoms with Crippen LogP contribution in [-0.4, -0.2) is 42.1 Å². The predicted octanol–water partition coefficient (Wildman–Crippen LogP) is 1.06. The lowest BCUT2D eigenvalue weighted by Crippen LogP contribution is -2.51. The van der Waals surface area contributed by atoms with Crippen LogP contribution in [0.25, 0.3) is 0 Å². The first-order valence-electron chi connectivity index (χ1n) is 6.80. The molecular formula is C13H24N2O3S. The summed E-state index contributed by atoms with van der Waals surface area (Å²) in [5, 5.41) is 2.80. The monoisotopic (exact) mass is 288 g/mol. The van der Waals surface area contributed by atoms with Crippen LogP contribution in [0.3, 0.4) is 0 Å². The van der Waals surface area contributed by atoms with Crippen LogP contribution in [0.1, 0.15) is 39.0 Å². The zero-order valence-electron chi connectivity index (χ0n) is 11.7. The molecule has 1 atom stereocenters. The van der Waals surface area contributed by atoms with E-state index in [0.717, 1.165) is 12.8 Å². The van der Waals surface area contributed by atoms with Crippen LogP contribution in [0.15, 0.2) is 0 Å². The number of nitrogens with two attached hydrogens (primary N) is 1. The number of ether oxygens (including phenoxy) is 1. The van der Waals surface area contributed by atoms with Gasteiger partial charge in [-0.3, -0.25) is 4.79 Å². The molecule has 0 bridgehead atoms. The topological polar surface area (TPSA) is 81.4 Å². The summed E-state index contributed by atoms with van der Waals surface area (Å²) in [6, 6.07) is -1.22. The molecule has 0 radical (unpaired) electrons. The van der Waals surface area contributed by atoms with Gasteiger partial charge in [-0.05, 0) is 26.0 Å². The molecule has 5 nitrogen and oxygen atoms in total. The first kappa shape index (κ1) is 16.3. The Hall–Kier alpha value is -0.750. The van der Waals surface area contributed by atoms with Gasteiger partial charge in [0.05, 0.1) is 6.61 Å². The number of thioether (sulfide) groups is 1. The number of hydrogen-bond acceptors (Lipinski definition) is 5. The van der Waals surface area contributed by atoms with Crippen molar-refractivity contribution in [3.8, 4) is 0 Å². The van der Waals surface area contributed by atoms with Gasteiger partial charge in [-0.1, -0.05) is 19.3 Å². The van der Waals surface area contributed by atoms with Crippen LogP contribution in [-0.2, 0) is 14.3 Å². The molecule has 6 heteroatoms. The number of carbonyl (C=O) groups excluding carboxylic acids is 2. The van der Waals surface area contributed by atoms with E-state index in [4.69, 9.17) is 10.5 Å². The SMILES string of the molecule is CCOC(=O)C(N)C(=O)NCC1(SC)CCCCC1. The highest BCUT2D eigenvalue weighted by Crippen LogP contribution is 2.37. The minimum absolute atomic E-state index is 0.0995. The fourth-order valence-corrected chi connectivity index (χ4v) is 3.26. The zero-order chi connectivity index (χ0) is 14.3. The molecule has 1 aliphatic rings. The smallest absolute Gasteiger partial charge is 0.332 e. The van der Waals surface area contributed by atoms with E-state index in [-0.39, 0.29) is 11.4 Å². The fraction of sp³-hybridized carbons (Fsp3) is 0.846. The molecule has 1 unspecified atom stereocenters. The molecule has 0 spiro atoms. The maximum absolute atomic E-state index is 11.8. The molecule has 19 heavy (non-hydrogen) atoms. The van der Waals surface area contributed by atoms with E-state index in [2.05, 4.69) is 11.6 Å². The van der Waals surface area contributed by atoms with Gasteiger partial charge in [-0.15, -0.1) is 0 Å². The zero-order valence-corrected chi connectivity index (χ0v) is 12.6. The first-order valence-corrected chi connectivity index (χ1v) is 8.02. The molecule has 1 saturated carbocycles. The van der Waals surface area contributed by atoms with E-state index in [9.17, 15) is 9.59 Å². The Morgan fingerprint density at radius 2 is 2.00 bits per heavy atom. The van der Waals surface area contributed by atoms with Crippen molar-refractivity contribution in [2.75, 3.05) is 19.4 Å². The number of amides is 1. The molecule has 1 amide bonds. The second-order valence-electron chi connectivity index (χ2n) is 4.90. The number of esters is 1. The minimum atomic E-state index is -1.22. The van der Waals surface area contributed by atoms with E-state index in [1.165, 1.54) is 19.3 Å². The summed E-state index contributed by atoms with van der Waals surface area (Å²) < 4.78 is 4.84. The maximum atomic E-state index is 11.8. The van der Waals surface area contributed by atoms with Crippen molar-refractivity contribution < 1.29 is 14.3 Å². The van der Waals surface area contributed by atoms with Gasteiger partial charge in [-0.25, -0.2) is 4.79 Å². The molecule has 0 aromatic rings. The van der Waals surface area contributed by atoms with E-state index in [1.54, 1.807) is 18.7 Å². The summed E-state index contributed by atoms with van der Waals surface area (Å²) in [5.74, 6) is -1.11. The van der Waals surface area contributed by atoms with Crippen molar-refractivity contribution >= 4 is 23.6 Å². The molecule has 110 valence electrons. The second-order valence-corrected chi connectivity index (χ2v) is 6.17. The summed E-state index contributed by atoms with van der Waals surface area (Å²) in [6.07, 6.45) is 7.93. The Morgan fingerprint density at radius 1 is 1.37 bits per heavy atom. The van der Waals surface area contributed by atoms with Gasteiger partial charge in [0.1, 0.15) is 0 Å². The minimum Gasteiger partial charge on any atom is -0.464 e. The van der Waals surface area contributed by atoms with Crippen molar-refractivity contribution in [2.45, 2.75) is 49.8 Å². The lowest BCUT2D eigenvalue weighted by molar-refractivity contribution is -0.148. The van der Waals surface area contributed by atoms with Crippen molar-refractivity contribution in [1.82, 2.24) is 5.32 Å². The standard InChI is InChI=1S/C13H24N2O3S/c1-3-18-12(17)10(14)11(16)15-9-13(19-2)7-5-4-6-8-13/h10H,3-9,14H2,1-2H3,(H,15,16). The second kappa shape index (κ2) is 7.75. The van der Waals surface area contributed by atoms with Gasteiger partial charge in [0, 0.05) is 11.3 Å². The largest absolute Gasteiger partial charge is 0.464 e. The Bertz CT molecular complexity index is 317. The molecule has 0 saturated heterocycles. The molecule has 0 aliphatic heterocycles. The highest BCUT2D eigenvalue weighted by atomic mass is 32.2. The van der Waals surface area contributed by atoms with Crippen molar-refractivity contribution in [2.24, 2.45) is 5.73 Å². The third kappa shape index (κ3) is 4.69. The van der Waals surface area contributed by atoms with Crippen LogP contribution in [0.5, 0.6) is 0 Å². The molecule has 0 heterocycles. The normalized spacial score (nSPS) is 19.5. The van der Waals surface area contributed by atoms with E-state index >= 15 is 0 Å². The highest BCUT2D eigenvalue weighted by molar-refractivity contribution is 8.00. The third-order valence-electron chi connectivity index (χ3n) is 3.61. The summed E-state index contributed by atoms with van der Waals surface area (Å²) in [4.78, 5) is 23.2. The summed E-state index contributed by atoms with van der Waals surface area (Å²) >= 11 is 1.79. The highest BCUT2D eigenvalue weighted by Gasteiger charge is 2.33. The average Bonchev–Trinajstić information content (AvgIpc) is 2.45. The Balaban J connectivity index is 2.45. The maximum Gasteiger partial charge on any atom is 0.332 e. The number of carbonyl (C=O) groups is 2. The third-order valence-corrected chi connectivity index (χ3v) is 5.02. The van der Waals surface area contributed by atoms with Crippen molar-refractivity contribution in [1.29, 1.82) is 0 Å². The van der Waals surface area contributed by atoms with Crippen LogP contribution in [0, 0.1) is 0 Å². The van der Waals surface area contributed by atoms with Crippen LogP contribution in [0.4, 0.5) is 0 Å². The number of nitrogens with one attached hydrogen (secondary N) is 1. The molecule has 3 N–H and O–H groups in total. The Morgan fingerprint density at radius 3 is 2.53 bits per heavy atom.